The van der Waals surface area contributed by atoms with Crippen molar-refractivity contribution in [2.24, 2.45) is 0 Å². The minimum atomic E-state index is -0.977. The predicted octanol–water partition coefficient (Wildman–Crippen LogP) is 3.44. The van der Waals surface area contributed by atoms with E-state index in [2.05, 4.69) is 10.5 Å². The van der Waals surface area contributed by atoms with Crippen LogP contribution in [-0.2, 0) is 9.53 Å². The Morgan fingerprint density at radius 1 is 1.30 bits per heavy atom. The molecule has 2 rings (SSSR count). The Labute approximate surface area is 138 Å². The molecular formula is C16H17ClN2O4. The summed E-state index contributed by atoms with van der Waals surface area (Å²) < 4.78 is 10.1. The van der Waals surface area contributed by atoms with Crippen LogP contribution in [0.4, 0.5) is 5.69 Å². The van der Waals surface area contributed by atoms with Crippen molar-refractivity contribution >= 4 is 29.2 Å². The fourth-order valence-corrected chi connectivity index (χ4v) is 2.18. The number of halogens is 1. The molecular weight excluding hydrogens is 320 g/mol. The summed E-state index contributed by atoms with van der Waals surface area (Å²) in [6.45, 7) is 6.57. The van der Waals surface area contributed by atoms with Crippen LogP contribution in [0, 0.1) is 20.8 Å². The number of ether oxygens (including phenoxy) is 1. The standard InChI is InChI=1S/C16H17ClN2O4/c1-8-5-6-12(17)7-13(8)18-15(20)11(4)22-16(21)14-9(2)19-23-10(14)3/h5-7,11H,1-4H3,(H,18,20)/t11-/m0/s1. The van der Waals surface area contributed by atoms with E-state index in [0.29, 0.717) is 22.2 Å². The number of aryl methyl sites for hydroxylation is 3. The van der Waals surface area contributed by atoms with Crippen LogP contribution in [0.2, 0.25) is 5.02 Å². The Hall–Kier alpha value is -2.34. The maximum atomic E-state index is 12.2. The van der Waals surface area contributed by atoms with Gasteiger partial charge in [0.15, 0.2) is 6.10 Å². The van der Waals surface area contributed by atoms with Crippen LogP contribution in [0.15, 0.2) is 22.7 Å². The Bertz CT molecular complexity index is 735. The number of hydrogen-bond donors (Lipinski definition) is 1. The van der Waals surface area contributed by atoms with Crippen LogP contribution in [0.1, 0.15) is 34.3 Å². The second kappa shape index (κ2) is 6.83. The van der Waals surface area contributed by atoms with Crippen LogP contribution in [0.3, 0.4) is 0 Å². The number of rotatable bonds is 4. The van der Waals surface area contributed by atoms with Crippen molar-refractivity contribution < 1.29 is 18.8 Å². The van der Waals surface area contributed by atoms with E-state index in [9.17, 15) is 9.59 Å². The predicted molar refractivity (Wildman–Crippen MR) is 85.7 cm³/mol. The SMILES string of the molecule is Cc1ccc(Cl)cc1NC(=O)[C@H](C)OC(=O)c1c(C)noc1C. The van der Waals surface area contributed by atoms with Crippen molar-refractivity contribution in [2.45, 2.75) is 33.8 Å². The summed E-state index contributed by atoms with van der Waals surface area (Å²) in [5.41, 5.74) is 2.09. The van der Waals surface area contributed by atoms with Gasteiger partial charge in [-0.25, -0.2) is 4.79 Å². The normalized spacial score (nSPS) is 11.9. The van der Waals surface area contributed by atoms with Gasteiger partial charge >= 0.3 is 5.97 Å². The molecule has 1 aromatic heterocycles. The van der Waals surface area contributed by atoms with E-state index in [1.165, 1.54) is 6.92 Å². The van der Waals surface area contributed by atoms with Crippen LogP contribution >= 0.6 is 11.6 Å². The summed E-state index contributed by atoms with van der Waals surface area (Å²) in [5.74, 6) is -0.743. The average molecular weight is 337 g/mol. The van der Waals surface area contributed by atoms with Gasteiger partial charge in [-0.2, -0.15) is 0 Å². The monoisotopic (exact) mass is 336 g/mol. The third kappa shape index (κ3) is 3.90. The van der Waals surface area contributed by atoms with Gasteiger partial charge in [0.2, 0.25) is 0 Å². The van der Waals surface area contributed by atoms with E-state index < -0.39 is 18.0 Å². The molecule has 0 aliphatic carbocycles. The minimum Gasteiger partial charge on any atom is -0.449 e. The van der Waals surface area contributed by atoms with Crippen molar-refractivity contribution in [3.05, 3.63) is 45.8 Å². The third-order valence-corrected chi connectivity index (χ3v) is 3.58. The summed E-state index contributed by atoms with van der Waals surface area (Å²) >= 11 is 5.91. The quantitative estimate of drug-likeness (QED) is 0.865. The minimum absolute atomic E-state index is 0.239. The third-order valence-electron chi connectivity index (χ3n) is 3.35. The Kier molecular flexibility index (Phi) is 5.05. The number of aromatic nitrogens is 1. The molecule has 1 heterocycles. The van der Waals surface area contributed by atoms with Gasteiger partial charge in [0.1, 0.15) is 11.3 Å². The molecule has 1 amide bonds. The first-order chi connectivity index (χ1) is 10.8. The Morgan fingerprint density at radius 2 is 2.00 bits per heavy atom. The molecule has 0 aliphatic rings. The number of esters is 1. The van der Waals surface area contributed by atoms with E-state index in [1.807, 2.05) is 6.92 Å². The highest BCUT2D eigenvalue weighted by Gasteiger charge is 2.24. The van der Waals surface area contributed by atoms with E-state index in [1.54, 1.807) is 32.0 Å². The summed E-state index contributed by atoms with van der Waals surface area (Å²) in [7, 11) is 0. The number of carbonyl (C=O) groups is 2. The largest absolute Gasteiger partial charge is 0.449 e. The van der Waals surface area contributed by atoms with Gasteiger partial charge in [0, 0.05) is 10.7 Å². The molecule has 0 aliphatic heterocycles. The lowest BCUT2D eigenvalue weighted by Crippen LogP contribution is -2.30. The van der Waals surface area contributed by atoms with Crippen molar-refractivity contribution in [3.63, 3.8) is 0 Å². The number of nitrogens with zero attached hydrogens (tertiary/aromatic N) is 1. The van der Waals surface area contributed by atoms with E-state index in [0.717, 1.165) is 5.56 Å². The maximum absolute atomic E-state index is 12.2. The van der Waals surface area contributed by atoms with Crippen molar-refractivity contribution in [2.75, 3.05) is 5.32 Å². The summed E-state index contributed by atoms with van der Waals surface area (Å²) in [4.78, 5) is 24.3. The van der Waals surface area contributed by atoms with Gasteiger partial charge in [-0.05, 0) is 45.4 Å². The zero-order valence-corrected chi connectivity index (χ0v) is 14.0. The molecule has 0 bridgehead atoms. The van der Waals surface area contributed by atoms with Gasteiger partial charge in [0.05, 0.1) is 5.69 Å². The van der Waals surface area contributed by atoms with Gasteiger partial charge in [-0.3, -0.25) is 4.79 Å². The molecule has 1 aromatic carbocycles. The van der Waals surface area contributed by atoms with Crippen LogP contribution in [0.5, 0.6) is 0 Å². The molecule has 1 atom stereocenters. The van der Waals surface area contributed by atoms with Gasteiger partial charge in [-0.1, -0.05) is 22.8 Å². The molecule has 0 fully saturated rings. The highest BCUT2D eigenvalue weighted by atomic mass is 35.5. The molecule has 23 heavy (non-hydrogen) atoms. The second-order valence-electron chi connectivity index (χ2n) is 5.20. The summed E-state index contributed by atoms with van der Waals surface area (Å²) in [5, 5.41) is 6.88. The molecule has 0 radical (unpaired) electrons. The first-order valence-electron chi connectivity index (χ1n) is 7.00. The lowest BCUT2D eigenvalue weighted by Gasteiger charge is -2.14. The molecule has 7 heteroatoms. The topological polar surface area (TPSA) is 81.4 Å². The number of nitrogens with one attached hydrogen (secondary N) is 1. The number of benzene rings is 1. The molecule has 6 nitrogen and oxygen atoms in total. The Morgan fingerprint density at radius 3 is 2.61 bits per heavy atom. The number of carbonyl (C=O) groups excluding carboxylic acids is 2. The smallest absolute Gasteiger partial charge is 0.344 e. The van der Waals surface area contributed by atoms with E-state index >= 15 is 0 Å². The highest BCUT2D eigenvalue weighted by molar-refractivity contribution is 6.31. The van der Waals surface area contributed by atoms with Gasteiger partial charge in [-0.15, -0.1) is 0 Å². The zero-order valence-electron chi connectivity index (χ0n) is 13.3. The molecule has 122 valence electrons. The molecule has 2 aromatic rings. The molecule has 0 spiro atoms. The van der Waals surface area contributed by atoms with E-state index in [4.69, 9.17) is 20.9 Å². The average Bonchev–Trinajstić information content (AvgIpc) is 2.81. The highest BCUT2D eigenvalue weighted by Crippen LogP contribution is 2.21. The first-order valence-corrected chi connectivity index (χ1v) is 7.38. The number of amides is 1. The number of hydrogen-bond acceptors (Lipinski definition) is 5. The Balaban J connectivity index is 2.05. The fourth-order valence-electron chi connectivity index (χ4n) is 2.01. The van der Waals surface area contributed by atoms with Gasteiger partial charge in [0.25, 0.3) is 5.91 Å². The fraction of sp³-hybridized carbons (Fsp3) is 0.312. The van der Waals surface area contributed by atoms with Crippen molar-refractivity contribution in [1.82, 2.24) is 5.16 Å². The van der Waals surface area contributed by atoms with Crippen molar-refractivity contribution in [3.8, 4) is 0 Å². The molecule has 0 saturated carbocycles. The maximum Gasteiger partial charge on any atom is 0.344 e. The van der Waals surface area contributed by atoms with Crippen molar-refractivity contribution in [1.29, 1.82) is 0 Å². The molecule has 0 saturated heterocycles. The van der Waals surface area contributed by atoms with Gasteiger partial charge < -0.3 is 14.6 Å². The zero-order chi connectivity index (χ0) is 17.1. The van der Waals surface area contributed by atoms with Crippen LogP contribution in [-0.4, -0.2) is 23.1 Å². The lowest BCUT2D eigenvalue weighted by molar-refractivity contribution is -0.123. The second-order valence-corrected chi connectivity index (χ2v) is 5.63. The number of anilines is 1. The lowest BCUT2D eigenvalue weighted by atomic mass is 10.2. The summed E-state index contributed by atoms with van der Waals surface area (Å²) in [6, 6.07) is 5.16. The van der Waals surface area contributed by atoms with Crippen LogP contribution in [0.25, 0.3) is 0 Å². The first kappa shape index (κ1) is 17.0. The molecule has 0 unspecified atom stereocenters. The van der Waals surface area contributed by atoms with Crippen LogP contribution < -0.4 is 5.32 Å². The van der Waals surface area contributed by atoms with E-state index in [-0.39, 0.29) is 5.56 Å². The summed E-state index contributed by atoms with van der Waals surface area (Å²) in [6.07, 6.45) is -0.977. The molecule has 1 N–H and O–H groups in total.